The summed E-state index contributed by atoms with van der Waals surface area (Å²) in [7, 11) is 0. The molecule has 2 fully saturated rings. The Bertz CT molecular complexity index is 475. The van der Waals surface area contributed by atoms with E-state index in [1.807, 2.05) is 6.07 Å². The van der Waals surface area contributed by atoms with Gasteiger partial charge in [0.15, 0.2) is 0 Å². The highest BCUT2D eigenvalue weighted by atomic mass is 35.5. The molecule has 3 rings (SSSR count). The van der Waals surface area contributed by atoms with E-state index in [0.29, 0.717) is 27.8 Å². The van der Waals surface area contributed by atoms with Gasteiger partial charge in [0.1, 0.15) is 12.4 Å². The highest BCUT2D eigenvalue weighted by molar-refractivity contribution is 6.35. The van der Waals surface area contributed by atoms with Crippen molar-refractivity contribution in [2.45, 2.75) is 12.8 Å². The SMILES string of the molecule is Clc1ccc(OCCN2CCC3(CCNC3)C2)c(Cl)c1. The van der Waals surface area contributed by atoms with Crippen molar-refractivity contribution in [1.82, 2.24) is 10.2 Å². The maximum absolute atomic E-state index is 6.09. The third-order valence-electron chi connectivity index (χ3n) is 4.41. The van der Waals surface area contributed by atoms with E-state index in [-0.39, 0.29) is 0 Å². The van der Waals surface area contributed by atoms with Crippen LogP contribution in [-0.4, -0.2) is 44.2 Å². The second-order valence-corrected chi connectivity index (χ2v) is 6.72. The molecule has 1 atom stereocenters. The number of hydrogen-bond donors (Lipinski definition) is 1. The third kappa shape index (κ3) is 3.22. The first-order valence-electron chi connectivity index (χ1n) is 7.18. The van der Waals surface area contributed by atoms with Gasteiger partial charge in [-0.3, -0.25) is 4.90 Å². The van der Waals surface area contributed by atoms with Crippen LogP contribution in [0.25, 0.3) is 0 Å². The molecule has 0 bridgehead atoms. The van der Waals surface area contributed by atoms with Gasteiger partial charge in [-0.1, -0.05) is 23.2 Å². The van der Waals surface area contributed by atoms with Crippen LogP contribution in [0.15, 0.2) is 18.2 Å². The molecular weight excluding hydrogens is 295 g/mol. The van der Waals surface area contributed by atoms with Gasteiger partial charge in [0.05, 0.1) is 5.02 Å². The molecule has 1 unspecified atom stereocenters. The number of ether oxygens (including phenoxy) is 1. The van der Waals surface area contributed by atoms with Crippen molar-refractivity contribution in [1.29, 1.82) is 0 Å². The summed E-state index contributed by atoms with van der Waals surface area (Å²) in [4.78, 5) is 2.50. The van der Waals surface area contributed by atoms with Crippen molar-refractivity contribution in [3.63, 3.8) is 0 Å². The number of rotatable bonds is 4. The molecule has 0 aromatic heterocycles. The molecule has 0 aliphatic carbocycles. The lowest BCUT2D eigenvalue weighted by atomic mass is 9.87. The minimum Gasteiger partial charge on any atom is -0.491 e. The lowest BCUT2D eigenvalue weighted by molar-refractivity contribution is 0.217. The molecule has 5 heteroatoms. The molecule has 0 saturated carbocycles. The van der Waals surface area contributed by atoms with E-state index >= 15 is 0 Å². The van der Waals surface area contributed by atoms with Crippen molar-refractivity contribution in [2.75, 3.05) is 39.3 Å². The van der Waals surface area contributed by atoms with E-state index in [0.717, 1.165) is 6.54 Å². The Kier molecular flexibility index (Phi) is 4.41. The molecule has 2 aliphatic heterocycles. The lowest BCUT2D eigenvalue weighted by Crippen LogP contribution is -2.31. The van der Waals surface area contributed by atoms with Crippen molar-refractivity contribution in [3.05, 3.63) is 28.2 Å². The van der Waals surface area contributed by atoms with Crippen LogP contribution in [0.4, 0.5) is 0 Å². The van der Waals surface area contributed by atoms with Crippen molar-refractivity contribution < 1.29 is 4.74 Å². The second-order valence-electron chi connectivity index (χ2n) is 5.88. The fraction of sp³-hybridized carbons (Fsp3) is 0.600. The Balaban J connectivity index is 1.46. The summed E-state index contributed by atoms with van der Waals surface area (Å²) in [5.41, 5.74) is 0.526. The number of likely N-dealkylation sites (tertiary alicyclic amines) is 1. The van der Waals surface area contributed by atoms with E-state index < -0.39 is 0 Å². The highest BCUT2D eigenvalue weighted by Gasteiger charge is 2.39. The molecule has 1 aromatic carbocycles. The average molecular weight is 315 g/mol. The van der Waals surface area contributed by atoms with E-state index in [1.165, 1.54) is 39.0 Å². The van der Waals surface area contributed by atoms with Crippen LogP contribution in [0.1, 0.15) is 12.8 Å². The molecular formula is C15H20Cl2N2O. The normalized spacial score (nSPS) is 26.5. The molecule has 2 heterocycles. The molecule has 2 aliphatic rings. The Morgan fingerprint density at radius 3 is 2.95 bits per heavy atom. The van der Waals surface area contributed by atoms with Crippen LogP contribution in [0, 0.1) is 5.41 Å². The summed E-state index contributed by atoms with van der Waals surface area (Å²) in [6, 6.07) is 5.35. The minimum atomic E-state index is 0.526. The number of nitrogens with one attached hydrogen (secondary N) is 1. The zero-order valence-electron chi connectivity index (χ0n) is 11.5. The minimum absolute atomic E-state index is 0.526. The number of nitrogens with zero attached hydrogens (tertiary/aromatic N) is 1. The van der Waals surface area contributed by atoms with E-state index in [1.54, 1.807) is 12.1 Å². The van der Waals surface area contributed by atoms with Gasteiger partial charge < -0.3 is 10.1 Å². The second kappa shape index (κ2) is 6.10. The number of halogens is 2. The molecule has 0 radical (unpaired) electrons. The van der Waals surface area contributed by atoms with Gasteiger partial charge in [-0.15, -0.1) is 0 Å². The first-order valence-corrected chi connectivity index (χ1v) is 7.93. The van der Waals surface area contributed by atoms with E-state index in [9.17, 15) is 0 Å². The first-order chi connectivity index (χ1) is 9.67. The Morgan fingerprint density at radius 2 is 2.20 bits per heavy atom. The summed E-state index contributed by atoms with van der Waals surface area (Å²) in [5.74, 6) is 0.715. The summed E-state index contributed by atoms with van der Waals surface area (Å²) >= 11 is 12.0. The zero-order chi connectivity index (χ0) is 14.0. The van der Waals surface area contributed by atoms with Gasteiger partial charge in [0.2, 0.25) is 0 Å². The van der Waals surface area contributed by atoms with E-state index in [4.69, 9.17) is 27.9 Å². The Hall–Kier alpha value is -0.480. The molecule has 1 N–H and O–H groups in total. The molecule has 0 amide bonds. The van der Waals surface area contributed by atoms with Crippen LogP contribution in [-0.2, 0) is 0 Å². The van der Waals surface area contributed by atoms with Crippen molar-refractivity contribution in [3.8, 4) is 5.75 Å². The smallest absolute Gasteiger partial charge is 0.138 e. The molecule has 2 saturated heterocycles. The fourth-order valence-electron chi connectivity index (χ4n) is 3.24. The van der Waals surface area contributed by atoms with Crippen LogP contribution in [0.5, 0.6) is 5.75 Å². The summed E-state index contributed by atoms with van der Waals surface area (Å²) < 4.78 is 5.76. The third-order valence-corrected chi connectivity index (χ3v) is 4.94. The van der Waals surface area contributed by atoms with Crippen LogP contribution >= 0.6 is 23.2 Å². The predicted molar refractivity (Wildman–Crippen MR) is 82.9 cm³/mol. The van der Waals surface area contributed by atoms with E-state index in [2.05, 4.69) is 10.2 Å². The summed E-state index contributed by atoms with van der Waals surface area (Å²) in [5, 5.41) is 4.70. The largest absolute Gasteiger partial charge is 0.491 e. The predicted octanol–water partition coefficient (Wildman–Crippen LogP) is 3.06. The fourth-order valence-corrected chi connectivity index (χ4v) is 3.70. The molecule has 110 valence electrons. The van der Waals surface area contributed by atoms with Gasteiger partial charge in [-0.2, -0.15) is 0 Å². The van der Waals surface area contributed by atoms with Crippen LogP contribution < -0.4 is 10.1 Å². The highest BCUT2D eigenvalue weighted by Crippen LogP contribution is 2.35. The van der Waals surface area contributed by atoms with Gasteiger partial charge in [0, 0.05) is 24.7 Å². The van der Waals surface area contributed by atoms with Gasteiger partial charge >= 0.3 is 0 Å². The standard InChI is InChI=1S/C15H20Cl2N2O/c16-12-1-2-14(13(17)9-12)20-8-7-19-6-4-15(11-19)3-5-18-10-15/h1-2,9,18H,3-8,10-11H2. The Morgan fingerprint density at radius 1 is 1.30 bits per heavy atom. The lowest BCUT2D eigenvalue weighted by Gasteiger charge is -2.22. The zero-order valence-corrected chi connectivity index (χ0v) is 13.0. The van der Waals surface area contributed by atoms with Gasteiger partial charge in [-0.25, -0.2) is 0 Å². The topological polar surface area (TPSA) is 24.5 Å². The van der Waals surface area contributed by atoms with Crippen molar-refractivity contribution in [2.24, 2.45) is 5.41 Å². The first kappa shape index (κ1) is 14.5. The summed E-state index contributed by atoms with van der Waals surface area (Å²) in [6.45, 7) is 6.35. The van der Waals surface area contributed by atoms with Crippen LogP contribution in [0.2, 0.25) is 10.0 Å². The number of benzene rings is 1. The van der Waals surface area contributed by atoms with Crippen molar-refractivity contribution >= 4 is 23.2 Å². The van der Waals surface area contributed by atoms with Gasteiger partial charge in [-0.05, 0) is 49.5 Å². The maximum Gasteiger partial charge on any atom is 0.138 e. The molecule has 3 nitrogen and oxygen atoms in total. The quantitative estimate of drug-likeness (QED) is 0.924. The molecule has 20 heavy (non-hydrogen) atoms. The average Bonchev–Trinajstić information content (AvgIpc) is 3.03. The summed E-state index contributed by atoms with van der Waals surface area (Å²) in [6.07, 6.45) is 2.62. The number of hydrogen-bond acceptors (Lipinski definition) is 3. The van der Waals surface area contributed by atoms with Gasteiger partial charge in [0.25, 0.3) is 0 Å². The maximum atomic E-state index is 6.09. The monoisotopic (exact) mass is 314 g/mol. The van der Waals surface area contributed by atoms with Crippen LogP contribution in [0.3, 0.4) is 0 Å². The molecule has 1 aromatic rings. The molecule has 1 spiro atoms. The Labute approximate surface area is 130 Å².